The van der Waals surface area contributed by atoms with Gasteiger partial charge in [-0.1, -0.05) is 20.8 Å². The average molecular weight is 271 g/mol. The maximum absolute atomic E-state index is 12.3. The van der Waals surface area contributed by atoms with Crippen LogP contribution in [-0.2, 0) is 4.79 Å². The molecule has 4 heteroatoms. The van der Waals surface area contributed by atoms with Crippen molar-refractivity contribution >= 4 is 5.91 Å². The van der Waals surface area contributed by atoms with Crippen LogP contribution in [0.25, 0.3) is 0 Å². The third-order valence-electron chi connectivity index (χ3n) is 4.30. The number of rotatable bonds is 10. The Morgan fingerprint density at radius 1 is 1.05 bits per heavy atom. The van der Waals surface area contributed by atoms with Gasteiger partial charge in [0.1, 0.15) is 0 Å². The third kappa shape index (κ3) is 4.77. The van der Waals surface area contributed by atoms with Crippen molar-refractivity contribution in [3.8, 4) is 0 Å². The molecule has 0 heterocycles. The molecule has 2 N–H and O–H groups in total. The molecule has 0 spiro atoms. The van der Waals surface area contributed by atoms with Crippen molar-refractivity contribution in [3.05, 3.63) is 0 Å². The van der Waals surface area contributed by atoms with E-state index in [1.54, 1.807) is 0 Å². The van der Waals surface area contributed by atoms with E-state index in [1.807, 2.05) is 18.7 Å². The molecule has 0 atom stereocenters. The average Bonchev–Trinajstić information content (AvgIpc) is 2.43. The number of hydrogen-bond acceptors (Lipinski definition) is 3. The van der Waals surface area contributed by atoms with Crippen LogP contribution in [0.1, 0.15) is 53.9 Å². The van der Waals surface area contributed by atoms with Crippen molar-refractivity contribution in [1.82, 2.24) is 9.80 Å². The first kappa shape index (κ1) is 18.4. The maximum Gasteiger partial charge on any atom is 0.236 e. The van der Waals surface area contributed by atoms with Crippen molar-refractivity contribution in [2.24, 2.45) is 5.73 Å². The van der Waals surface area contributed by atoms with E-state index < -0.39 is 0 Å². The van der Waals surface area contributed by atoms with Gasteiger partial charge in [0.25, 0.3) is 0 Å². The van der Waals surface area contributed by atoms with E-state index in [-0.39, 0.29) is 11.4 Å². The number of nitrogens with zero attached hydrogens (tertiary/aromatic N) is 2. The molecule has 114 valence electrons. The monoisotopic (exact) mass is 271 g/mol. The molecule has 0 aliphatic heterocycles. The Hall–Kier alpha value is -0.610. The Bertz CT molecular complexity index is 240. The topological polar surface area (TPSA) is 49.6 Å². The van der Waals surface area contributed by atoms with E-state index >= 15 is 0 Å². The largest absolute Gasteiger partial charge is 0.342 e. The zero-order valence-electron chi connectivity index (χ0n) is 13.5. The van der Waals surface area contributed by atoms with Crippen LogP contribution in [0.4, 0.5) is 0 Å². The van der Waals surface area contributed by atoms with Gasteiger partial charge >= 0.3 is 0 Å². The van der Waals surface area contributed by atoms with Gasteiger partial charge in [0, 0.05) is 25.2 Å². The van der Waals surface area contributed by atoms with Crippen molar-refractivity contribution in [3.63, 3.8) is 0 Å². The Labute approximate surface area is 119 Å². The molecule has 0 aromatic rings. The lowest BCUT2D eigenvalue weighted by atomic mass is 9.90. The summed E-state index contributed by atoms with van der Waals surface area (Å²) in [6.45, 7) is 14.2. The first-order chi connectivity index (χ1) is 9.04. The summed E-state index contributed by atoms with van der Waals surface area (Å²) in [5.74, 6) is 0.221. The highest BCUT2D eigenvalue weighted by atomic mass is 16.2. The van der Waals surface area contributed by atoms with E-state index in [1.165, 1.54) is 0 Å². The third-order valence-corrected chi connectivity index (χ3v) is 4.30. The quantitative estimate of drug-likeness (QED) is 0.662. The van der Waals surface area contributed by atoms with Gasteiger partial charge in [-0.05, 0) is 39.7 Å². The molecule has 0 radical (unpaired) electrons. The second kappa shape index (κ2) is 9.32. The summed E-state index contributed by atoms with van der Waals surface area (Å²) in [5.41, 5.74) is 5.98. The summed E-state index contributed by atoms with van der Waals surface area (Å²) in [4.78, 5) is 16.5. The molecule has 0 aromatic carbocycles. The van der Waals surface area contributed by atoms with Gasteiger partial charge in [0.05, 0.1) is 6.54 Å². The van der Waals surface area contributed by atoms with Crippen molar-refractivity contribution in [2.45, 2.75) is 59.4 Å². The first-order valence-corrected chi connectivity index (χ1v) is 7.77. The summed E-state index contributed by atoms with van der Waals surface area (Å²) in [7, 11) is 0. The molecular weight excluding hydrogens is 238 g/mol. The Kier molecular flexibility index (Phi) is 9.02. The van der Waals surface area contributed by atoms with Gasteiger partial charge in [0.15, 0.2) is 0 Å². The van der Waals surface area contributed by atoms with Gasteiger partial charge in [-0.15, -0.1) is 0 Å². The molecule has 4 nitrogen and oxygen atoms in total. The lowest BCUT2D eigenvalue weighted by Gasteiger charge is -2.42. The number of carbonyl (C=O) groups is 1. The molecule has 0 fully saturated rings. The van der Waals surface area contributed by atoms with Crippen LogP contribution in [-0.4, -0.2) is 54.0 Å². The van der Waals surface area contributed by atoms with Crippen LogP contribution in [0.2, 0.25) is 0 Å². The zero-order valence-corrected chi connectivity index (χ0v) is 13.5. The van der Waals surface area contributed by atoms with E-state index in [0.717, 1.165) is 38.9 Å². The first-order valence-electron chi connectivity index (χ1n) is 7.77. The number of nitrogens with two attached hydrogens (primary N) is 1. The predicted octanol–water partition coefficient (Wildman–Crippen LogP) is 2.08. The number of likely N-dealkylation sites (N-methyl/N-ethyl adjacent to an activating group) is 1. The number of carbonyl (C=O) groups excluding carboxylic acids is 1. The molecule has 0 saturated carbocycles. The standard InChI is InChI=1S/C15H33N3O/c1-6-11-18(15(7-2,8-3)13-16)12-14(19)17(9-4)10-5/h6-13,16H2,1-5H3. The van der Waals surface area contributed by atoms with Crippen LogP contribution >= 0.6 is 0 Å². The van der Waals surface area contributed by atoms with Gasteiger partial charge < -0.3 is 10.6 Å². The minimum atomic E-state index is -0.0289. The normalized spacial score (nSPS) is 11.9. The van der Waals surface area contributed by atoms with Crippen molar-refractivity contribution < 1.29 is 4.79 Å². The highest BCUT2D eigenvalue weighted by molar-refractivity contribution is 5.78. The fourth-order valence-corrected chi connectivity index (χ4v) is 2.71. The van der Waals surface area contributed by atoms with Crippen molar-refractivity contribution in [1.29, 1.82) is 0 Å². The Balaban J connectivity index is 4.94. The lowest BCUT2D eigenvalue weighted by molar-refractivity contribution is -0.133. The highest BCUT2D eigenvalue weighted by Crippen LogP contribution is 2.23. The Morgan fingerprint density at radius 3 is 1.89 bits per heavy atom. The van der Waals surface area contributed by atoms with Gasteiger partial charge in [-0.2, -0.15) is 0 Å². The Morgan fingerprint density at radius 2 is 1.58 bits per heavy atom. The van der Waals surface area contributed by atoms with E-state index in [2.05, 4.69) is 25.7 Å². The fourth-order valence-electron chi connectivity index (χ4n) is 2.71. The summed E-state index contributed by atoms with van der Waals surface area (Å²) in [6.07, 6.45) is 3.03. The molecule has 1 amide bonds. The van der Waals surface area contributed by atoms with Crippen molar-refractivity contribution in [2.75, 3.05) is 32.7 Å². The predicted molar refractivity (Wildman–Crippen MR) is 82.2 cm³/mol. The van der Waals surface area contributed by atoms with Crippen LogP contribution in [0.3, 0.4) is 0 Å². The molecule has 19 heavy (non-hydrogen) atoms. The lowest BCUT2D eigenvalue weighted by Crippen LogP contribution is -2.56. The number of amides is 1. The molecule has 0 aliphatic rings. The minimum absolute atomic E-state index is 0.0289. The van der Waals surface area contributed by atoms with E-state index in [9.17, 15) is 4.79 Å². The van der Waals surface area contributed by atoms with E-state index in [4.69, 9.17) is 5.73 Å². The number of hydrogen-bond donors (Lipinski definition) is 1. The molecule has 0 rings (SSSR count). The van der Waals surface area contributed by atoms with Crippen LogP contribution < -0.4 is 5.73 Å². The second-order valence-electron chi connectivity index (χ2n) is 5.12. The summed E-state index contributed by atoms with van der Waals surface area (Å²) >= 11 is 0. The smallest absolute Gasteiger partial charge is 0.236 e. The zero-order chi connectivity index (χ0) is 14.9. The molecule has 0 bridgehead atoms. The molecule has 0 saturated heterocycles. The van der Waals surface area contributed by atoms with Crippen LogP contribution in [0, 0.1) is 0 Å². The van der Waals surface area contributed by atoms with Crippen LogP contribution in [0.5, 0.6) is 0 Å². The molecule has 0 aliphatic carbocycles. The highest BCUT2D eigenvalue weighted by Gasteiger charge is 2.33. The summed E-state index contributed by atoms with van der Waals surface area (Å²) in [6, 6.07) is 0. The summed E-state index contributed by atoms with van der Waals surface area (Å²) < 4.78 is 0. The van der Waals surface area contributed by atoms with Crippen LogP contribution in [0.15, 0.2) is 0 Å². The fraction of sp³-hybridized carbons (Fsp3) is 0.933. The second-order valence-corrected chi connectivity index (χ2v) is 5.12. The molecule has 0 unspecified atom stereocenters. The molecule has 0 aromatic heterocycles. The summed E-state index contributed by atoms with van der Waals surface area (Å²) in [5, 5.41) is 0. The minimum Gasteiger partial charge on any atom is -0.342 e. The van der Waals surface area contributed by atoms with Gasteiger partial charge in [0.2, 0.25) is 5.91 Å². The van der Waals surface area contributed by atoms with Gasteiger partial charge in [-0.3, -0.25) is 9.69 Å². The SMILES string of the molecule is CCCN(CC(=O)N(CC)CC)C(CC)(CC)CN. The van der Waals surface area contributed by atoms with E-state index in [0.29, 0.717) is 13.1 Å². The van der Waals surface area contributed by atoms with Gasteiger partial charge in [-0.25, -0.2) is 0 Å². The molecular formula is C15H33N3O. The maximum atomic E-state index is 12.3.